The van der Waals surface area contributed by atoms with E-state index in [-0.39, 0.29) is 0 Å². The second-order valence-electron chi connectivity index (χ2n) is 4.82. The van der Waals surface area contributed by atoms with Gasteiger partial charge in [-0.1, -0.05) is 23.7 Å². The van der Waals surface area contributed by atoms with Crippen molar-refractivity contribution in [3.05, 3.63) is 34.9 Å². The highest BCUT2D eigenvalue weighted by Gasteiger charge is 2.26. The van der Waals surface area contributed by atoms with E-state index in [1.807, 2.05) is 24.3 Å². The molecular formula is C15H21ClO4. The van der Waals surface area contributed by atoms with Crippen molar-refractivity contribution in [2.24, 2.45) is 0 Å². The lowest BCUT2D eigenvalue weighted by molar-refractivity contribution is 0.102. The van der Waals surface area contributed by atoms with Crippen molar-refractivity contribution in [2.75, 3.05) is 40.1 Å². The Balaban J connectivity index is 0.000000149. The predicted octanol–water partition coefficient (Wildman–Crippen LogP) is 2.33. The molecule has 3 rings (SSSR count). The fraction of sp³-hybridized carbons (Fsp3) is 0.600. The summed E-state index contributed by atoms with van der Waals surface area (Å²) < 4.78 is 20.1. The van der Waals surface area contributed by atoms with Gasteiger partial charge in [-0.2, -0.15) is 0 Å². The number of ether oxygens (including phenoxy) is 4. The number of epoxide rings is 2. The molecule has 0 amide bonds. The van der Waals surface area contributed by atoms with Gasteiger partial charge >= 0.3 is 0 Å². The summed E-state index contributed by atoms with van der Waals surface area (Å²) in [7, 11) is 1.70. The summed E-state index contributed by atoms with van der Waals surface area (Å²) in [6, 6.07) is 7.83. The van der Waals surface area contributed by atoms with Crippen LogP contribution in [0.3, 0.4) is 0 Å². The molecule has 5 heteroatoms. The maximum atomic E-state index is 5.78. The smallest absolute Gasteiger partial charge is 0.104 e. The molecule has 0 N–H and O–H groups in total. The Labute approximate surface area is 124 Å². The molecule has 0 saturated carbocycles. The summed E-state index contributed by atoms with van der Waals surface area (Å²) in [6.45, 7) is 4.01. The Morgan fingerprint density at radius 3 is 2.35 bits per heavy atom. The molecule has 2 fully saturated rings. The molecule has 20 heavy (non-hydrogen) atoms. The molecular weight excluding hydrogens is 280 g/mol. The van der Waals surface area contributed by atoms with E-state index in [1.54, 1.807) is 7.11 Å². The first-order valence-corrected chi connectivity index (χ1v) is 7.20. The molecule has 0 radical (unpaired) electrons. The number of rotatable bonds is 7. The van der Waals surface area contributed by atoms with E-state index in [0.29, 0.717) is 12.2 Å². The van der Waals surface area contributed by atoms with Crippen LogP contribution in [-0.4, -0.2) is 52.4 Å². The van der Waals surface area contributed by atoms with Crippen molar-refractivity contribution in [2.45, 2.75) is 18.6 Å². The standard InChI is InChI=1S/C9H11ClO.C6H10O3/c1-11-6-5-8-3-2-4-9(10)7-8;1(5-3-8-5)7-2-6-4-9-6/h2-4,7H,5-6H2,1H3;5-6H,1-4H2. The van der Waals surface area contributed by atoms with Crippen molar-refractivity contribution in [1.29, 1.82) is 0 Å². The average molecular weight is 301 g/mol. The second kappa shape index (κ2) is 8.60. The summed E-state index contributed by atoms with van der Waals surface area (Å²) in [5.74, 6) is 0. The minimum atomic E-state index is 0.392. The highest BCUT2D eigenvalue weighted by Crippen LogP contribution is 2.12. The lowest BCUT2D eigenvalue weighted by atomic mass is 10.2. The van der Waals surface area contributed by atoms with Gasteiger partial charge in [-0.3, -0.25) is 0 Å². The van der Waals surface area contributed by atoms with Crippen LogP contribution in [0.25, 0.3) is 0 Å². The molecule has 4 nitrogen and oxygen atoms in total. The number of benzene rings is 1. The van der Waals surface area contributed by atoms with E-state index >= 15 is 0 Å². The first-order chi connectivity index (χ1) is 9.78. The molecule has 2 aliphatic heterocycles. The normalized spacial score (nSPS) is 22.9. The van der Waals surface area contributed by atoms with Gasteiger partial charge in [0, 0.05) is 12.1 Å². The van der Waals surface area contributed by atoms with Gasteiger partial charge in [0.1, 0.15) is 12.2 Å². The molecule has 2 atom stereocenters. The molecule has 0 aliphatic carbocycles. The summed E-state index contributed by atoms with van der Waals surface area (Å²) in [4.78, 5) is 0. The monoisotopic (exact) mass is 300 g/mol. The molecule has 2 heterocycles. The quantitative estimate of drug-likeness (QED) is 0.725. The van der Waals surface area contributed by atoms with Crippen LogP contribution >= 0.6 is 11.6 Å². The first-order valence-electron chi connectivity index (χ1n) is 6.82. The van der Waals surface area contributed by atoms with Crippen LogP contribution in [0.2, 0.25) is 5.02 Å². The third kappa shape index (κ3) is 7.22. The van der Waals surface area contributed by atoms with Crippen LogP contribution in [0.1, 0.15) is 5.56 Å². The molecule has 2 saturated heterocycles. The molecule has 2 unspecified atom stereocenters. The number of halogens is 1. The van der Waals surface area contributed by atoms with E-state index in [4.69, 9.17) is 30.5 Å². The second-order valence-corrected chi connectivity index (χ2v) is 5.26. The van der Waals surface area contributed by atoms with E-state index in [2.05, 4.69) is 0 Å². The molecule has 112 valence electrons. The van der Waals surface area contributed by atoms with Crippen molar-refractivity contribution >= 4 is 11.6 Å². The van der Waals surface area contributed by atoms with Crippen LogP contribution in [0.5, 0.6) is 0 Å². The van der Waals surface area contributed by atoms with Crippen molar-refractivity contribution in [3.8, 4) is 0 Å². The van der Waals surface area contributed by atoms with Gasteiger partial charge in [0.05, 0.1) is 33.0 Å². The summed E-state index contributed by atoms with van der Waals surface area (Å²) in [5.41, 5.74) is 1.22. The Morgan fingerprint density at radius 1 is 1.20 bits per heavy atom. The molecule has 2 aliphatic rings. The van der Waals surface area contributed by atoms with E-state index < -0.39 is 0 Å². The van der Waals surface area contributed by atoms with Crippen LogP contribution in [-0.2, 0) is 25.4 Å². The summed E-state index contributed by atoms with van der Waals surface area (Å²) in [6.07, 6.45) is 1.71. The maximum Gasteiger partial charge on any atom is 0.104 e. The highest BCUT2D eigenvalue weighted by molar-refractivity contribution is 6.30. The van der Waals surface area contributed by atoms with Crippen LogP contribution in [0.15, 0.2) is 24.3 Å². The molecule has 0 spiro atoms. The van der Waals surface area contributed by atoms with Crippen LogP contribution < -0.4 is 0 Å². The maximum absolute atomic E-state index is 5.78. The van der Waals surface area contributed by atoms with Gasteiger partial charge in [0.2, 0.25) is 0 Å². The third-order valence-corrected chi connectivity index (χ3v) is 3.13. The molecule has 0 bridgehead atoms. The van der Waals surface area contributed by atoms with E-state index in [9.17, 15) is 0 Å². The Kier molecular flexibility index (Phi) is 6.76. The van der Waals surface area contributed by atoms with Crippen LogP contribution in [0.4, 0.5) is 0 Å². The minimum absolute atomic E-state index is 0.392. The van der Waals surface area contributed by atoms with Crippen molar-refractivity contribution in [3.63, 3.8) is 0 Å². The fourth-order valence-corrected chi connectivity index (χ4v) is 1.78. The lowest BCUT2D eigenvalue weighted by Crippen LogP contribution is -2.06. The Morgan fingerprint density at radius 2 is 1.85 bits per heavy atom. The summed E-state index contributed by atoms with van der Waals surface area (Å²) in [5, 5.41) is 0.790. The van der Waals surface area contributed by atoms with Gasteiger partial charge in [-0.25, -0.2) is 0 Å². The minimum Gasteiger partial charge on any atom is -0.384 e. The van der Waals surface area contributed by atoms with E-state index in [1.165, 1.54) is 5.56 Å². The van der Waals surface area contributed by atoms with Gasteiger partial charge in [-0.15, -0.1) is 0 Å². The first kappa shape index (κ1) is 15.7. The van der Waals surface area contributed by atoms with Gasteiger partial charge in [-0.05, 0) is 24.1 Å². The van der Waals surface area contributed by atoms with E-state index in [0.717, 1.165) is 44.5 Å². The zero-order chi connectivity index (χ0) is 14.2. The fourth-order valence-electron chi connectivity index (χ4n) is 1.57. The SMILES string of the molecule is C(OCC1CO1)C1CO1.COCCc1cccc(Cl)c1. The Hall–Kier alpha value is -0.650. The number of methoxy groups -OCH3 is 1. The van der Waals surface area contributed by atoms with Crippen LogP contribution in [0, 0.1) is 0 Å². The molecule has 1 aromatic rings. The summed E-state index contributed by atoms with van der Waals surface area (Å²) >= 11 is 5.78. The largest absolute Gasteiger partial charge is 0.384 e. The number of hydrogen-bond acceptors (Lipinski definition) is 4. The highest BCUT2D eigenvalue weighted by atomic mass is 35.5. The Bertz CT molecular complexity index is 379. The van der Waals surface area contributed by atoms with Gasteiger partial charge < -0.3 is 18.9 Å². The predicted molar refractivity (Wildman–Crippen MR) is 77.3 cm³/mol. The third-order valence-electron chi connectivity index (χ3n) is 2.90. The van der Waals surface area contributed by atoms with Gasteiger partial charge in [0.25, 0.3) is 0 Å². The zero-order valence-electron chi connectivity index (χ0n) is 11.7. The molecule has 0 aromatic heterocycles. The lowest BCUT2D eigenvalue weighted by Gasteiger charge is -1.99. The number of hydrogen-bond donors (Lipinski definition) is 0. The van der Waals surface area contributed by atoms with Crippen molar-refractivity contribution in [1.82, 2.24) is 0 Å². The van der Waals surface area contributed by atoms with Crippen molar-refractivity contribution < 1.29 is 18.9 Å². The van der Waals surface area contributed by atoms with Gasteiger partial charge in [0.15, 0.2) is 0 Å². The zero-order valence-corrected chi connectivity index (χ0v) is 12.5. The molecule has 1 aromatic carbocycles. The topological polar surface area (TPSA) is 43.5 Å². The average Bonchev–Trinajstić information content (AvgIpc) is 3.32.